The number of carbonyl (C=O) groups excluding carboxylic acids is 2. The fourth-order valence-electron chi connectivity index (χ4n) is 1.23. The van der Waals surface area contributed by atoms with Crippen LogP contribution in [0.25, 0.3) is 0 Å². The Morgan fingerprint density at radius 3 is 2.44 bits per heavy atom. The normalized spacial score (nSPS) is 9.62. The summed E-state index contributed by atoms with van der Waals surface area (Å²) in [7, 11) is 0. The van der Waals surface area contributed by atoms with Crippen molar-refractivity contribution in [1.29, 1.82) is 0 Å². The lowest BCUT2D eigenvalue weighted by atomic mass is 10.2. The molecule has 0 aromatic heterocycles. The van der Waals surface area contributed by atoms with E-state index in [0.717, 1.165) is 10.5 Å². The molecule has 1 N–H and O–H groups in total. The van der Waals surface area contributed by atoms with Crippen LogP contribution < -0.4 is 5.32 Å². The average Bonchev–Trinajstić information content (AvgIpc) is 2.27. The van der Waals surface area contributed by atoms with Crippen LogP contribution in [-0.2, 0) is 6.54 Å². The number of rotatable bonds is 3. The third kappa shape index (κ3) is 3.55. The quantitative estimate of drug-likeness (QED) is 0.652. The summed E-state index contributed by atoms with van der Waals surface area (Å²) in [6, 6.07) is 8.71. The first-order valence-electron chi connectivity index (χ1n) is 4.94. The van der Waals surface area contributed by atoms with Crippen LogP contribution in [0.5, 0.6) is 0 Å². The van der Waals surface area contributed by atoms with Crippen molar-refractivity contribution in [3.63, 3.8) is 0 Å². The van der Waals surface area contributed by atoms with E-state index in [0.29, 0.717) is 6.54 Å². The molecule has 0 atom stereocenters. The van der Waals surface area contributed by atoms with Crippen molar-refractivity contribution in [2.75, 3.05) is 6.54 Å². The van der Waals surface area contributed by atoms with Gasteiger partial charge in [-0.25, -0.2) is 9.69 Å². The van der Waals surface area contributed by atoms with Crippen LogP contribution in [0.2, 0.25) is 0 Å². The fraction of sp³-hybridized carbons (Fsp3) is 0.273. The highest BCUT2D eigenvalue weighted by Gasteiger charge is 2.18. The van der Waals surface area contributed by atoms with Crippen LogP contribution in [0.3, 0.4) is 0 Å². The lowest BCUT2D eigenvalue weighted by Crippen LogP contribution is -2.40. The number of halogens is 1. The maximum absolute atomic E-state index is 11.5. The Labute approximate surface area is 99.2 Å². The summed E-state index contributed by atoms with van der Waals surface area (Å²) in [6.07, 6.45) is 0. The molecule has 0 fully saturated rings. The molecule has 86 valence electrons. The van der Waals surface area contributed by atoms with Gasteiger partial charge in [0.2, 0.25) is 0 Å². The van der Waals surface area contributed by atoms with Crippen molar-refractivity contribution in [3.8, 4) is 0 Å². The SMILES string of the molecule is CCNC(=O)N(Cc1ccccc1)C(=O)Cl. The Morgan fingerprint density at radius 1 is 1.31 bits per heavy atom. The molecule has 0 aliphatic carbocycles. The van der Waals surface area contributed by atoms with E-state index in [2.05, 4.69) is 5.32 Å². The molecule has 1 rings (SSSR count). The number of amides is 3. The van der Waals surface area contributed by atoms with E-state index in [1.165, 1.54) is 0 Å². The minimum atomic E-state index is -0.783. The number of carbonyl (C=O) groups is 2. The molecule has 5 heteroatoms. The van der Waals surface area contributed by atoms with Gasteiger partial charge in [0.05, 0.1) is 6.54 Å². The largest absolute Gasteiger partial charge is 0.338 e. The van der Waals surface area contributed by atoms with Gasteiger partial charge in [0.15, 0.2) is 0 Å². The second kappa shape index (κ2) is 6.12. The number of hydrogen-bond acceptors (Lipinski definition) is 2. The minimum absolute atomic E-state index is 0.176. The van der Waals surface area contributed by atoms with E-state index in [9.17, 15) is 9.59 Å². The van der Waals surface area contributed by atoms with Gasteiger partial charge < -0.3 is 5.32 Å². The summed E-state index contributed by atoms with van der Waals surface area (Å²) in [6.45, 7) is 2.40. The number of hydrogen-bond donors (Lipinski definition) is 1. The molecule has 0 bridgehead atoms. The first-order valence-corrected chi connectivity index (χ1v) is 5.31. The van der Waals surface area contributed by atoms with Gasteiger partial charge in [-0.05, 0) is 24.1 Å². The summed E-state index contributed by atoms with van der Waals surface area (Å²) in [5.74, 6) is 0. The molecule has 4 nitrogen and oxygen atoms in total. The van der Waals surface area contributed by atoms with Gasteiger partial charge in [-0.3, -0.25) is 4.79 Å². The Kier molecular flexibility index (Phi) is 4.79. The van der Waals surface area contributed by atoms with E-state index in [1.54, 1.807) is 6.92 Å². The molecule has 0 saturated heterocycles. The average molecular weight is 241 g/mol. The van der Waals surface area contributed by atoms with Gasteiger partial charge in [-0.2, -0.15) is 0 Å². The van der Waals surface area contributed by atoms with Crippen LogP contribution in [0, 0.1) is 0 Å². The highest BCUT2D eigenvalue weighted by Crippen LogP contribution is 2.07. The highest BCUT2D eigenvalue weighted by atomic mass is 35.5. The fourth-order valence-corrected chi connectivity index (χ4v) is 1.36. The zero-order valence-corrected chi connectivity index (χ0v) is 9.70. The number of nitrogens with one attached hydrogen (secondary N) is 1. The first kappa shape index (κ1) is 12.5. The molecule has 0 spiro atoms. The van der Waals surface area contributed by atoms with Gasteiger partial charge in [0.1, 0.15) is 0 Å². The predicted octanol–water partition coefficient (Wildman–Crippen LogP) is 2.58. The summed E-state index contributed by atoms with van der Waals surface area (Å²) < 4.78 is 0. The topological polar surface area (TPSA) is 49.4 Å². The summed E-state index contributed by atoms with van der Waals surface area (Å²) in [5.41, 5.74) is 0.850. The molecule has 3 amide bonds. The highest BCUT2D eigenvalue weighted by molar-refractivity contribution is 6.63. The lowest BCUT2D eigenvalue weighted by Gasteiger charge is -2.17. The zero-order chi connectivity index (χ0) is 12.0. The zero-order valence-electron chi connectivity index (χ0n) is 8.94. The van der Waals surface area contributed by atoms with Crippen LogP contribution in [0.15, 0.2) is 30.3 Å². The van der Waals surface area contributed by atoms with E-state index in [1.807, 2.05) is 30.3 Å². The van der Waals surface area contributed by atoms with Gasteiger partial charge in [0, 0.05) is 6.54 Å². The van der Waals surface area contributed by atoms with Crippen LogP contribution in [0.1, 0.15) is 12.5 Å². The molecule has 0 aliphatic heterocycles. The summed E-state index contributed by atoms with van der Waals surface area (Å²) in [5, 5.41) is 1.75. The minimum Gasteiger partial charge on any atom is -0.338 e. The Hall–Kier alpha value is -1.55. The van der Waals surface area contributed by atoms with Gasteiger partial charge >= 0.3 is 11.4 Å². The van der Waals surface area contributed by atoms with Crippen molar-refractivity contribution in [2.24, 2.45) is 0 Å². The predicted molar refractivity (Wildman–Crippen MR) is 62.3 cm³/mol. The molecule has 16 heavy (non-hydrogen) atoms. The second-order valence-corrected chi connectivity index (χ2v) is 3.48. The van der Waals surface area contributed by atoms with Gasteiger partial charge in [0.25, 0.3) is 0 Å². The molecule has 0 radical (unpaired) electrons. The van der Waals surface area contributed by atoms with Crippen LogP contribution >= 0.6 is 11.6 Å². The second-order valence-electron chi connectivity index (χ2n) is 3.16. The Morgan fingerprint density at radius 2 is 1.94 bits per heavy atom. The molecule has 1 aromatic carbocycles. The summed E-state index contributed by atoms with van der Waals surface area (Å²) in [4.78, 5) is 23.6. The molecule has 1 aromatic rings. The summed E-state index contributed by atoms with van der Waals surface area (Å²) >= 11 is 5.35. The number of urea groups is 1. The van der Waals surface area contributed by atoms with Crippen molar-refractivity contribution >= 4 is 23.0 Å². The van der Waals surface area contributed by atoms with E-state index < -0.39 is 11.4 Å². The number of imide groups is 1. The number of benzene rings is 1. The molecule has 0 saturated carbocycles. The number of nitrogens with zero attached hydrogens (tertiary/aromatic N) is 1. The lowest BCUT2D eigenvalue weighted by molar-refractivity contribution is 0.197. The maximum atomic E-state index is 11.5. The van der Waals surface area contributed by atoms with Crippen LogP contribution in [-0.4, -0.2) is 22.8 Å². The first-order chi connectivity index (χ1) is 7.65. The van der Waals surface area contributed by atoms with E-state index in [4.69, 9.17) is 11.6 Å². The monoisotopic (exact) mass is 240 g/mol. The van der Waals surface area contributed by atoms with Crippen LogP contribution in [0.4, 0.5) is 9.59 Å². The smallest absolute Gasteiger partial charge is 0.325 e. The molecule has 0 aliphatic rings. The standard InChI is InChI=1S/C11H13ClN2O2/c1-2-13-11(16)14(10(12)15)8-9-6-4-3-5-7-9/h3-7H,2,8H2,1H3,(H,13,16). The van der Waals surface area contributed by atoms with Crippen molar-refractivity contribution in [1.82, 2.24) is 10.2 Å². The molecule has 0 heterocycles. The van der Waals surface area contributed by atoms with Crippen molar-refractivity contribution in [2.45, 2.75) is 13.5 Å². The third-order valence-electron chi connectivity index (χ3n) is 1.97. The molecular weight excluding hydrogens is 228 g/mol. The van der Waals surface area contributed by atoms with Gasteiger partial charge in [-0.15, -0.1) is 0 Å². The van der Waals surface area contributed by atoms with Crippen molar-refractivity contribution in [3.05, 3.63) is 35.9 Å². The van der Waals surface area contributed by atoms with E-state index >= 15 is 0 Å². The Balaban J connectivity index is 2.73. The molecule has 0 unspecified atom stereocenters. The maximum Gasteiger partial charge on any atom is 0.325 e. The van der Waals surface area contributed by atoms with Crippen molar-refractivity contribution < 1.29 is 9.59 Å². The van der Waals surface area contributed by atoms with E-state index in [-0.39, 0.29) is 6.54 Å². The van der Waals surface area contributed by atoms with Gasteiger partial charge in [-0.1, -0.05) is 30.3 Å². The molecular formula is C11H13ClN2O2. The Bertz CT molecular complexity index is 368. The third-order valence-corrected chi connectivity index (χ3v) is 2.17.